The lowest BCUT2D eigenvalue weighted by Crippen LogP contribution is -2.48. The number of hydrogen-bond acceptors (Lipinski definition) is 3. The molecule has 0 aliphatic carbocycles. The molecule has 0 spiro atoms. The van der Waals surface area contributed by atoms with E-state index in [0.29, 0.717) is 5.92 Å². The van der Waals surface area contributed by atoms with Gasteiger partial charge in [-0.3, -0.25) is 4.90 Å². The minimum Gasteiger partial charge on any atom is -0.367 e. The highest BCUT2D eigenvalue weighted by Crippen LogP contribution is 2.20. The van der Waals surface area contributed by atoms with E-state index in [9.17, 15) is 4.39 Å². The largest absolute Gasteiger partial charge is 0.367 e. The van der Waals surface area contributed by atoms with Gasteiger partial charge in [0, 0.05) is 32.7 Å². The summed E-state index contributed by atoms with van der Waals surface area (Å²) in [6, 6.07) is 7.05. The Morgan fingerprint density at radius 1 is 1.21 bits per heavy atom. The third kappa shape index (κ3) is 3.86. The topological polar surface area (TPSA) is 6.48 Å². The van der Waals surface area contributed by atoms with Crippen LogP contribution in [0.1, 0.15) is 13.3 Å². The van der Waals surface area contributed by atoms with Gasteiger partial charge in [-0.2, -0.15) is 12.6 Å². The Morgan fingerprint density at radius 3 is 2.47 bits per heavy atom. The molecule has 1 saturated heterocycles. The summed E-state index contributed by atoms with van der Waals surface area (Å²) in [4.78, 5) is 4.62. The van der Waals surface area contributed by atoms with Crippen LogP contribution in [0.4, 0.5) is 10.1 Å². The molecule has 19 heavy (non-hydrogen) atoms. The molecule has 0 aromatic heterocycles. The van der Waals surface area contributed by atoms with Gasteiger partial charge in [0.05, 0.1) is 5.69 Å². The smallest absolute Gasteiger partial charge is 0.146 e. The van der Waals surface area contributed by atoms with E-state index in [0.717, 1.165) is 44.2 Å². The number of piperazine rings is 1. The molecule has 1 aromatic rings. The molecule has 1 heterocycles. The van der Waals surface area contributed by atoms with Crippen molar-refractivity contribution in [1.29, 1.82) is 0 Å². The summed E-state index contributed by atoms with van der Waals surface area (Å²) >= 11 is 4.40. The van der Waals surface area contributed by atoms with Crippen molar-refractivity contribution < 1.29 is 4.39 Å². The zero-order chi connectivity index (χ0) is 13.7. The van der Waals surface area contributed by atoms with Crippen molar-refractivity contribution in [2.45, 2.75) is 13.3 Å². The lowest BCUT2D eigenvalue weighted by Gasteiger charge is -2.37. The predicted molar refractivity (Wildman–Crippen MR) is 82.7 cm³/mol. The summed E-state index contributed by atoms with van der Waals surface area (Å²) in [5.41, 5.74) is 0.739. The molecule has 0 saturated carbocycles. The molecule has 1 unspecified atom stereocenters. The number of rotatable bonds is 5. The Morgan fingerprint density at radius 2 is 1.89 bits per heavy atom. The molecule has 0 radical (unpaired) electrons. The molecule has 1 aliphatic rings. The van der Waals surface area contributed by atoms with Gasteiger partial charge in [0.25, 0.3) is 0 Å². The van der Waals surface area contributed by atoms with Gasteiger partial charge in [0.2, 0.25) is 0 Å². The maximum Gasteiger partial charge on any atom is 0.146 e. The zero-order valence-corrected chi connectivity index (χ0v) is 12.5. The van der Waals surface area contributed by atoms with Gasteiger partial charge in [-0.15, -0.1) is 0 Å². The number of nitrogens with zero attached hydrogens (tertiary/aromatic N) is 2. The molecule has 2 rings (SSSR count). The van der Waals surface area contributed by atoms with Crippen LogP contribution in [-0.2, 0) is 0 Å². The Kier molecular flexibility index (Phi) is 5.52. The second-order valence-electron chi connectivity index (χ2n) is 5.20. The van der Waals surface area contributed by atoms with Crippen LogP contribution in [0.3, 0.4) is 0 Å². The standard InChI is InChI=1S/C15H23FN2S/c1-2-13(12-19)11-17-7-9-18(10-8-17)15-6-4-3-5-14(15)16/h3-6,13,19H,2,7-12H2,1H3. The van der Waals surface area contributed by atoms with Crippen LogP contribution >= 0.6 is 12.6 Å². The Bertz CT molecular complexity index is 387. The van der Waals surface area contributed by atoms with E-state index in [-0.39, 0.29) is 5.82 Å². The summed E-state index contributed by atoms with van der Waals surface area (Å²) in [6.07, 6.45) is 1.18. The average molecular weight is 282 g/mol. The SMILES string of the molecule is CCC(CS)CN1CCN(c2ccccc2F)CC1. The van der Waals surface area contributed by atoms with Gasteiger partial charge in [0.1, 0.15) is 5.82 Å². The Hall–Kier alpha value is -0.740. The number of hydrogen-bond donors (Lipinski definition) is 1. The van der Waals surface area contributed by atoms with Crippen molar-refractivity contribution in [3.8, 4) is 0 Å². The fraction of sp³-hybridized carbons (Fsp3) is 0.600. The van der Waals surface area contributed by atoms with E-state index >= 15 is 0 Å². The monoisotopic (exact) mass is 282 g/mol. The predicted octanol–water partition coefficient (Wildman–Crippen LogP) is 2.90. The summed E-state index contributed by atoms with van der Waals surface area (Å²) in [5.74, 6) is 1.51. The molecule has 2 nitrogen and oxygen atoms in total. The summed E-state index contributed by atoms with van der Waals surface area (Å²) in [7, 11) is 0. The fourth-order valence-corrected chi connectivity index (χ4v) is 2.93. The van der Waals surface area contributed by atoms with Crippen molar-refractivity contribution in [1.82, 2.24) is 4.90 Å². The van der Waals surface area contributed by atoms with E-state index in [2.05, 4.69) is 29.4 Å². The average Bonchev–Trinajstić information content (AvgIpc) is 2.46. The maximum absolute atomic E-state index is 13.7. The highest BCUT2D eigenvalue weighted by Gasteiger charge is 2.20. The zero-order valence-electron chi connectivity index (χ0n) is 11.6. The fourth-order valence-electron chi connectivity index (χ4n) is 2.56. The lowest BCUT2D eigenvalue weighted by molar-refractivity contribution is 0.224. The van der Waals surface area contributed by atoms with E-state index in [1.165, 1.54) is 12.5 Å². The van der Waals surface area contributed by atoms with Gasteiger partial charge >= 0.3 is 0 Å². The quantitative estimate of drug-likeness (QED) is 0.830. The summed E-state index contributed by atoms with van der Waals surface area (Å²) < 4.78 is 13.7. The molecule has 106 valence electrons. The van der Waals surface area contributed by atoms with E-state index in [1.807, 2.05) is 12.1 Å². The molecule has 0 N–H and O–H groups in total. The number of thiol groups is 1. The van der Waals surface area contributed by atoms with E-state index in [4.69, 9.17) is 0 Å². The minimum absolute atomic E-state index is 0.113. The first-order chi connectivity index (χ1) is 9.24. The maximum atomic E-state index is 13.7. The molecule has 1 aromatic carbocycles. The van der Waals surface area contributed by atoms with Crippen LogP contribution in [0.2, 0.25) is 0 Å². The Labute approximate surface area is 121 Å². The molecule has 0 amide bonds. The summed E-state index contributed by atoms with van der Waals surface area (Å²) in [6.45, 7) is 7.17. The van der Waals surface area contributed by atoms with Gasteiger partial charge in [0.15, 0.2) is 0 Å². The highest BCUT2D eigenvalue weighted by molar-refractivity contribution is 7.80. The molecule has 1 fully saturated rings. The van der Waals surface area contributed by atoms with E-state index in [1.54, 1.807) is 6.07 Å². The van der Waals surface area contributed by atoms with Crippen LogP contribution in [-0.4, -0.2) is 43.4 Å². The molecular formula is C15H23FN2S. The highest BCUT2D eigenvalue weighted by atomic mass is 32.1. The van der Waals surface area contributed by atoms with Crippen molar-refractivity contribution in [3.05, 3.63) is 30.1 Å². The minimum atomic E-state index is -0.113. The molecule has 4 heteroatoms. The van der Waals surface area contributed by atoms with Crippen molar-refractivity contribution in [3.63, 3.8) is 0 Å². The third-order valence-corrected chi connectivity index (χ3v) is 4.43. The third-order valence-electron chi connectivity index (χ3n) is 3.92. The first-order valence-corrected chi connectivity index (χ1v) is 7.70. The van der Waals surface area contributed by atoms with Crippen molar-refractivity contribution in [2.24, 2.45) is 5.92 Å². The van der Waals surface area contributed by atoms with Gasteiger partial charge < -0.3 is 4.90 Å². The van der Waals surface area contributed by atoms with Crippen LogP contribution in [0, 0.1) is 11.7 Å². The normalized spacial score (nSPS) is 18.6. The van der Waals surface area contributed by atoms with Crippen LogP contribution in [0.5, 0.6) is 0 Å². The first-order valence-electron chi connectivity index (χ1n) is 7.07. The Balaban J connectivity index is 1.87. The lowest BCUT2D eigenvalue weighted by atomic mass is 10.1. The van der Waals surface area contributed by atoms with Gasteiger partial charge in [-0.25, -0.2) is 4.39 Å². The second kappa shape index (κ2) is 7.15. The van der Waals surface area contributed by atoms with Crippen molar-refractivity contribution in [2.75, 3.05) is 43.4 Å². The summed E-state index contributed by atoms with van der Waals surface area (Å²) in [5, 5.41) is 0. The number of anilines is 1. The van der Waals surface area contributed by atoms with Crippen molar-refractivity contribution >= 4 is 18.3 Å². The van der Waals surface area contributed by atoms with E-state index < -0.39 is 0 Å². The van der Waals surface area contributed by atoms with Gasteiger partial charge in [-0.05, 0) is 23.8 Å². The van der Waals surface area contributed by atoms with Gasteiger partial charge in [-0.1, -0.05) is 25.5 Å². The van der Waals surface area contributed by atoms with Crippen LogP contribution in [0.15, 0.2) is 24.3 Å². The van der Waals surface area contributed by atoms with Crippen LogP contribution in [0.25, 0.3) is 0 Å². The second-order valence-corrected chi connectivity index (χ2v) is 5.56. The number of halogens is 1. The van der Waals surface area contributed by atoms with Crippen LogP contribution < -0.4 is 4.90 Å². The molecule has 1 atom stereocenters. The molecule has 1 aliphatic heterocycles. The number of benzene rings is 1. The first kappa shape index (κ1) is 14.7. The molecule has 0 bridgehead atoms. The number of para-hydroxylation sites is 1. The molecular weight excluding hydrogens is 259 g/mol.